The van der Waals surface area contributed by atoms with Crippen molar-refractivity contribution >= 4 is 0 Å². The van der Waals surface area contributed by atoms with Gasteiger partial charge in [-0.25, -0.2) is 0 Å². The zero-order chi connectivity index (χ0) is 8.34. The first-order chi connectivity index (χ1) is 5.72. The van der Waals surface area contributed by atoms with Crippen LogP contribution in [0.2, 0.25) is 0 Å². The van der Waals surface area contributed by atoms with Crippen LogP contribution in [0.15, 0.2) is 0 Å². The second-order valence-corrected chi connectivity index (χ2v) is 5.82. The summed E-state index contributed by atoms with van der Waals surface area (Å²) in [5.41, 5.74) is 0.836. The van der Waals surface area contributed by atoms with Crippen LogP contribution in [0.1, 0.15) is 46.0 Å². The summed E-state index contributed by atoms with van der Waals surface area (Å²) in [5, 5.41) is 0. The normalized spacial score (nSPS) is 61.5. The minimum Gasteiger partial charge on any atom is -0.0622 e. The minimum atomic E-state index is 0.836. The Balaban J connectivity index is 1.60. The molecule has 0 heteroatoms. The standard InChI is InChI=1S/C12H20/c1-8-6-9(8)7-11-10-4-3-5-12(10,11)2/h8-11H,3-7H2,1-2H3. The van der Waals surface area contributed by atoms with Gasteiger partial charge in [-0.05, 0) is 54.8 Å². The topological polar surface area (TPSA) is 0 Å². The lowest BCUT2D eigenvalue weighted by atomic mass is 9.98. The van der Waals surface area contributed by atoms with Crippen molar-refractivity contribution in [3.63, 3.8) is 0 Å². The summed E-state index contributed by atoms with van der Waals surface area (Å²) in [6, 6.07) is 0. The quantitative estimate of drug-likeness (QED) is 0.586. The Morgan fingerprint density at radius 1 is 1.42 bits per heavy atom. The van der Waals surface area contributed by atoms with E-state index in [2.05, 4.69) is 13.8 Å². The zero-order valence-corrected chi connectivity index (χ0v) is 8.34. The predicted molar refractivity (Wildman–Crippen MR) is 50.8 cm³/mol. The lowest BCUT2D eigenvalue weighted by Crippen LogP contribution is -1.97. The van der Waals surface area contributed by atoms with Gasteiger partial charge in [0, 0.05) is 0 Å². The highest BCUT2D eigenvalue weighted by Gasteiger charge is 2.63. The van der Waals surface area contributed by atoms with Gasteiger partial charge in [0.15, 0.2) is 0 Å². The van der Waals surface area contributed by atoms with Gasteiger partial charge in [-0.15, -0.1) is 0 Å². The van der Waals surface area contributed by atoms with Gasteiger partial charge >= 0.3 is 0 Å². The van der Waals surface area contributed by atoms with E-state index in [1.54, 1.807) is 25.7 Å². The maximum atomic E-state index is 2.54. The summed E-state index contributed by atoms with van der Waals surface area (Å²) >= 11 is 0. The van der Waals surface area contributed by atoms with Gasteiger partial charge in [0.1, 0.15) is 0 Å². The maximum absolute atomic E-state index is 2.54. The van der Waals surface area contributed by atoms with E-state index in [0.29, 0.717) is 0 Å². The summed E-state index contributed by atoms with van der Waals surface area (Å²) in [4.78, 5) is 0. The van der Waals surface area contributed by atoms with Crippen LogP contribution in [0.25, 0.3) is 0 Å². The van der Waals surface area contributed by atoms with E-state index in [1.807, 2.05) is 0 Å². The van der Waals surface area contributed by atoms with Gasteiger partial charge in [0.05, 0.1) is 0 Å². The van der Waals surface area contributed by atoms with Crippen LogP contribution in [-0.4, -0.2) is 0 Å². The second-order valence-electron chi connectivity index (χ2n) is 5.82. The molecule has 0 aromatic carbocycles. The average molecular weight is 164 g/mol. The fourth-order valence-electron chi connectivity index (χ4n) is 3.86. The highest BCUT2D eigenvalue weighted by atomic mass is 14.7. The van der Waals surface area contributed by atoms with Crippen molar-refractivity contribution in [1.29, 1.82) is 0 Å². The summed E-state index contributed by atoms with van der Waals surface area (Å²) in [6.45, 7) is 4.97. The fourth-order valence-corrected chi connectivity index (χ4v) is 3.86. The molecular weight excluding hydrogens is 144 g/mol. The van der Waals surface area contributed by atoms with Crippen molar-refractivity contribution in [2.45, 2.75) is 46.0 Å². The number of hydrogen-bond donors (Lipinski definition) is 0. The lowest BCUT2D eigenvalue weighted by molar-refractivity contribution is 0.433. The van der Waals surface area contributed by atoms with Crippen molar-refractivity contribution < 1.29 is 0 Å². The molecule has 0 saturated heterocycles. The van der Waals surface area contributed by atoms with E-state index < -0.39 is 0 Å². The average Bonchev–Trinajstić information content (AvgIpc) is 2.76. The molecule has 0 spiro atoms. The minimum absolute atomic E-state index is 0.836. The summed E-state index contributed by atoms with van der Waals surface area (Å²) in [7, 11) is 0. The summed E-state index contributed by atoms with van der Waals surface area (Å²) in [5.74, 6) is 4.53. The van der Waals surface area contributed by atoms with Crippen molar-refractivity contribution in [3.05, 3.63) is 0 Å². The molecule has 68 valence electrons. The SMILES string of the molecule is CC1CC1CC1C2CCCC21C. The van der Waals surface area contributed by atoms with Crippen LogP contribution >= 0.6 is 0 Å². The first kappa shape index (κ1) is 7.41. The highest BCUT2D eigenvalue weighted by Crippen LogP contribution is 2.71. The molecule has 0 aromatic rings. The van der Waals surface area contributed by atoms with E-state index in [1.165, 1.54) is 6.42 Å². The van der Waals surface area contributed by atoms with E-state index in [4.69, 9.17) is 0 Å². The van der Waals surface area contributed by atoms with Crippen LogP contribution in [0.4, 0.5) is 0 Å². The van der Waals surface area contributed by atoms with Crippen molar-refractivity contribution in [3.8, 4) is 0 Å². The van der Waals surface area contributed by atoms with Gasteiger partial charge in [-0.3, -0.25) is 0 Å². The molecule has 0 bridgehead atoms. The molecule has 3 rings (SSSR count). The Kier molecular flexibility index (Phi) is 1.28. The number of fused-ring (bicyclic) bond motifs is 1. The van der Waals surface area contributed by atoms with E-state index in [9.17, 15) is 0 Å². The third-order valence-electron chi connectivity index (χ3n) is 5.13. The van der Waals surface area contributed by atoms with Gasteiger partial charge in [-0.2, -0.15) is 0 Å². The molecular formula is C12H20. The van der Waals surface area contributed by atoms with Crippen LogP contribution in [0.5, 0.6) is 0 Å². The Morgan fingerprint density at radius 2 is 2.17 bits per heavy atom. The lowest BCUT2D eigenvalue weighted by Gasteiger charge is -2.07. The van der Waals surface area contributed by atoms with Crippen LogP contribution in [0, 0.1) is 29.1 Å². The van der Waals surface area contributed by atoms with Gasteiger partial charge < -0.3 is 0 Å². The molecule has 5 unspecified atom stereocenters. The van der Waals surface area contributed by atoms with Crippen LogP contribution in [0.3, 0.4) is 0 Å². The van der Waals surface area contributed by atoms with E-state index >= 15 is 0 Å². The molecule has 0 aliphatic heterocycles. The Morgan fingerprint density at radius 3 is 2.67 bits per heavy atom. The van der Waals surface area contributed by atoms with Crippen molar-refractivity contribution in [2.24, 2.45) is 29.1 Å². The van der Waals surface area contributed by atoms with E-state index in [-0.39, 0.29) is 0 Å². The largest absolute Gasteiger partial charge is 0.0622 e. The summed E-state index contributed by atoms with van der Waals surface area (Å²) < 4.78 is 0. The Hall–Kier alpha value is 0. The third kappa shape index (κ3) is 0.843. The second kappa shape index (κ2) is 2.08. The molecule has 3 fully saturated rings. The van der Waals surface area contributed by atoms with E-state index in [0.717, 1.165) is 29.1 Å². The molecule has 3 aliphatic rings. The Bertz CT molecular complexity index is 208. The van der Waals surface area contributed by atoms with Crippen LogP contribution in [-0.2, 0) is 0 Å². The molecule has 0 N–H and O–H groups in total. The first-order valence-corrected chi connectivity index (χ1v) is 5.72. The first-order valence-electron chi connectivity index (χ1n) is 5.72. The smallest absolute Gasteiger partial charge is 0.0263 e. The molecule has 0 radical (unpaired) electrons. The molecule has 0 nitrogen and oxygen atoms in total. The molecule has 3 aliphatic carbocycles. The molecule has 5 atom stereocenters. The monoisotopic (exact) mass is 164 g/mol. The number of rotatable bonds is 2. The van der Waals surface area contributed by atoms with Gasteiger partial charge in [0.2, 0.25) is 0 Å². The van der Waals surface area contributed by atoms with Crippen molar-refractivity contribution in [1.82, 2.24) is 0 Å². The fraction of sp³-hybridized carbons (Fsp3) is 1.00. The van der Waals surface area contributed by atoms with Gasteiger partial charge in [-0.1, -0.05) is 20.3 Å². The maximum Gasteiger partial charge on any atom is -0.0263 e. The molecule has 3 saturated carbocycles. The zero-order valence-electron chi connectivity index (χ0n) is 8.34. The van der Waals surface area contributed by atoms with Crippen LogP contribution < -0.4 is 0 Å². The predicted octanol–water partition coefficient (Wildman–Crippen LogP) is 3.47. The molecule has 0 amide bonds. The third-order valence-corrected chi connectivity index (χ3v) is 5.13. The molecule has 0 aromatic heterocycles. The Labute approximate surface area is 75.7 Å². The molecule has 12 heavy (non-hydrogen) atoms. The highest BCUT2D eigenvalue weighted by molar-refractivity contribution is 5.12. The van der Waals surface area contributed by atoms with Gasteiger partial charge in [0.25, 0.3) is 0 Å². The summed E-state index contributed by atoms with van der Waals surface area (Å²) in [6.07, 6.45) is 7.76. The number of hydrogen-bond acceptors (Lipinski definition) is 0. The molecule has 0 heterocycles. The van der Waals surface area contributed by atoms with Crippen molar-refractivity contribution in [2.75, 3.05) is 0 Å².